The molecule has 1 saturated heterocycles. The Kier molecular flexibility index (Phi) is 18.3. The summed E-state index contributed by atoms with van der Waals surface area (Å²) in [5.41, 5.74) is 6.31. The zero-order valence-electron chi connectivity index (χ0n) is 30.5. The fourth-order valence-electron chi connectivity index (χ4n) is 5.22. The van der Waals surface area contributed by atoms with Gasteiger partial charge in [-0.1, -0.05) is 46.2 Å². The number of benzene rings is 1. The highest BCUT2D eigenvalue weighted by Gasteiger charge is 2.38. The number of unbranched alkanes of at least 4 members (excludes halogenated alkanes) is 2. The number of nitrogens with zero attached hydrogens (tertiary/aromatic N) is 1. The predicted octanol–water partition coefficient (Wildman–Crippen LogP) is 3.16. The van der Waals surface area contributed by atoms with Gasteiger partial charge >= 0.3 is 12.1 Å². The third kappa shape index (κ3) is 16.0. The lowest BCUT2D eigenvalue weighted by Crippen LogP contribution is -2.54. The predicted molar refractivity (Wildman–Crippen MR) is 195 cm³/mol. The van der Waals surface area contributed by atoms with E-state index in [1.54, 1.807) is 38.1 Å². The first-order valence-electron chi connectivity index (χ1n) is 17.5. The molecule has 0 spiro atoms. The number of rotatable bonds is 21. The molecule has 0 saturated carbocycles. The Morgan fingerprint density at radius 3 is 2.20 bits per heavy atom. The van der Waals surface area contributed by atoms with Crippen molar-refractivity contribution in [2.45, 2.75) is 122 Å². The van der Waals surface area contributed by atoms with Crippen molar-refractivity contribution in [3.05, 3.63) is 29.8 Å². The van der Waals surface area contributed by atoms with E-state index >= 15 is 0 Å². The molecule has 284 valence electrons. The third-order valence-electron chi connectivity index (χ3n) is 7.79. The summed E-state index contributed by atoms with van der Waals surface area (Å²) in [6, 6.07) is 3.99. The number of imide groups is 1. The molecule has 8 amide bonds. The van der Waals surface area contributed by atoms with Crippen molar-refractivity contribution >= 4 is 59.1 Å². The van der Waals surface area contributed by atoms with Crippen LogP contribution >= 0.6 is 11.8 Å². The maximum atomic E-state index is 13.4. The lowest BCUT2D eigenvalue weighted by atomic mass is 10.0. The number of likely N-dealkylation sites (tertiary alicyclic amines) is 1. The van der Waals surface area contributed by atoms with Gasteiger partial charge in [-0.05, 0) is 68.4 Å². The summed E-state index contributed by atoms with van der Waals surface area (Å²) in [5, 5.41) is 13.3. The molecule has 15 nitrogen and oxygen atoms in total. The quantitative estimate of drug-likeness (QED) is 0.0807. The highest BCUT2D eigenvalue weighted by molar-refractivity contribution is 8.01. The fraction of sp³-hybridized carbons (Fsp3) is 0.629. The first kappa shape index (κ1) is 42.8. The molecule has 0 aliphatic carbocycles. The third-order valence-corrected chi connectivity index (χ3v) is 9.03. The molecular formula is C35H55N7O8S. The molecule has 0 bridgehead atoms. The van der Waals surface area contributed by atoms with Crippen LogP contribution in [-0.2, 0) is 35.3 Å². The van der Waals surface area contributed by atoms with Gasteiger partial charge in [0.15, 0.2) is 0 Å². The van der Waals surface area contributed by atoms with Crippen molar-refractivity contribution in [2.75, 3.05) is 18.4 Å². The zero-order chi connectivity index (χ0) is 38.1. The number of hydrogen-bond donors (Lipinski definition) is 6. The van der Waals surface area contributed by atoms with E-state index in [9.17, 15) is 33.6 Å². The first-order chi connectivity index (χ1) is 24.1. The number of primary amides is 1. The SMILES string of the molecule is CC(C)NC(=O)OCc1ccc(NC(=O)[C@H](CCCNC(N)=O)NC(=O)[C@@H](NC(=O)CCCCCN2C(=O)CC(SC(C)C)C2=O)C(C)C)cc1. The van der Waals surface area contributed by atoms with Crippen LogP contribution in [0.4, 0.5) is 15.3 Å². The second-order valence-corrected chi connectivity index (χ2v) is 15.2. The summed E-state index contributed by atoms with van der Waals surface area (Å²) in [6.45, 7) is 11.7. The van der Waals surface area contributed by atoms with Crippen molar-refractivity contribution < 1.29 is 38.3 Å². The van der Waals surface area contributed by atoms with Crippen molar-refractivity contribution in [1.82, 2.24) is 26.2 Å². The van der Waals surface area contributed by atoms with E-state index in [0.717, 1.165) is 0 Å². The molecule has 16 heteroatoms. The van der Waals surface area contributed by atoms with Gasteiger partial charge in [-0.3, -0.25) is 28.9 Å². The summed E-state index contributed by atoms with van der Waals surface area (Å²) >= 11 is 1.50. The van der Waals surface area contributed by atoms with Crippen molar-refractivity contribution in [3.63, 3.8) is 0 Å². The van der Waals surface area contributed by atoms with Gasteiger partial charge < -0.3 is 37.1 Å². The van der Waals surface area contributed by atoms with Crippen LogP contribution in [0.1, 0.15) is 92.1 Å². The Balaban J connectivity index is 1.92. The summed E-state index contributed by atoms with van der Waals surface area (Å²) in [6.07, 6.45) is 2.04. The van der Waals surface area contributed by atoms with E-state index in [1.807, 2.05) is 27.7 Å². The number of nitrogens with one attached hydrogen (secondary N) is 5. The Labute approximate surface area is 304 Å². The molecule has 51 heavy (non-hydrogen) atoms. The molecule has 0 radical (unpaired) electrons. The number of urea groups is 1. The molecule has 1 heterocycles. The highest BCUT2D eigenvalue weighted by Crippen LogP contribution is 2.28. The molecule has 1 aromatic carbocycles. The van der Waals surface area contributed by atoms with Crippen molar-refractivity contribution in [2.24, 2.45) is 11.7 Å². The Bertz CT molecular complexity index is 1360. The smallest absolute Gasteiger partial charge is 0.407 e. The van der Waals surface area contributed by atoms with E-state index in [0.29, 0.717) is 43.5 Å². The normalized spacial score (nSPS) is 15.5. The van der Waals surface area contributed by atoms with Gasteiger partial charge in [-0.2, -0.15) is 0 Å². The van der Waals surface area contributed by atoms with Crippen molar-refractivity contribution in [1.29, 1.82) is 0 Å². The maximum absolute atomic E-state index is 13.4. The molecule has 1 fully saturated rings. The number of nitrogens with two attached hydrogens (primary N) is 1. The molecule has 1 aromatic rings. The average Bonchev–Trinajstić information content (AvgIpc) is 3.30. The standard InChI is InChI=1S/C35H55N7O8S/c1-21(2)30(41-28(43)12-8-7-9-18-42-29(44)19-27(33(42)47)51-23(5)6)32(46)40-26(11-10-17-37-34(36)48)31(45)39-25-15-13-24(14-16-25)20-50-35(49)38-22(3)4/h13-16,21-23,26-27,30H,7-12,17-20H2,1-6H3,(H,38,49)(H,39,45)(H,40,46)(H,41,43)(H3,36,37,48)/t26-,27?,30-/m0/s1. The minimum atomic E-state index is -0.998. The number of carbonyl (C=O) groups excluding carboxylic acids is 7. The lowest BCUT2D eigenvalue weighted by Gasteiger charge is -2.25. The monoisotopic (exact) mass is 733 g/mol. The molecule has 1 aliphatic rings. The Morgan fingerprint density at radius 2 is 1.59 bits per heavy atom. The number of anilines is 1. The number of ether oxygens (including phenoxy) is 1. The van der Waals surface area contributed by atoms with E-state index in [-0.39, 0.29) is 72.6 Å². The number of thioether (sulfide) groups is 1. The Morgan fingerprint density at radius 1 is 0.902 bits per heavy atom. The van der Waals surface area contributed by atoms with Crippen LogP contribution in [0, 0.1) is 5.92 Å². The molecule has 0 aromatic heterocycles. The number of amides is 8. The van der Waals surface area contributed by atoms with Gasteiger partial charge in [0.25, 0.3) is 0 Å². The minimum absolute atomic E-state index is 0.0412. The van der Waals surface area contributed by atoms with Gasteiger partial charge in [0.1, 0.15) is 18.7 Å². The molecule has 1 unspecified atom stereocenters. The fourth-order valence-corrected chi connectivity index (χ4v) is 6.36. The van der Waals surface area contributed by atoms with Crippen LogP contribution in [0.2, 0.25) is 0 Å². The largest absolute Gasteiger partial charge is 0.445 e. The summed E-state index contributed by atoms with van der Waals surface area (Å²) in [7, 11) is 0. The van der Waals surface area contributed by atoms with Gasteiger partial charge in [-0.25, -0.2) is 9.59 Å². The molecule has 2 rings (SSSR count). The first-order valence-corrected chi connectivity index (χ1v) is 18.5. The highest BCUT2D eigenvalue weighted by atomic mass is 32.2. The second kappa shape index (κ2) is 21.8. The van der Waals surface area contributed by atoms with Gasteiger partial charge in [0, 0.05) is 37.7 Å². The lowest BCUT2D eigenvalue weighted by molar-refractivity contribution is -0.138. The van der Waals surface area contributed by atoms with E-state index in [2.05, 4.69) is 26.6 Å². The Hall–Kier alpha value is -4.34. The minimum Gasteiger partial charge on any atom is -0.445 e. The summed E-state index contributed by atoms with van der Waals surface area (Å²) < 4.78 is 5.18. The van der Waals surface area contributed by atoms with Crippen LogP contribution < -0.4 is 32.3 Å². The molecule has 3 atom stereocenters. The zero-order valence-corrected chi connectivity index (χ0v) is 31.4. The van der Waals surface area contributed by atoms with Gasteiger partial charge in [0.05, 0.1) is 5.25 Å². The number of alkyl carbamates (subject to hydrolysis) is 1. The number of carbonyl (C=O) groups is 7. The van der Waals surface area contributed by atoms with Crippen LogP contribution in [0.15, 0.2) is 24.3 Å². The summed E-state index contributed by atoms with van der Waals surface area (Å²) in [4.78, 5) is 88.7. The van der Waals surface area contributed by atoms with Crippen molar-refractivity contribution in [3.8, 4) is 0 Å². The topological polar surface area (TPSA) is 218 Å². The van der Waals surface area contributed by atoms with E-state index in [1.165, 1.54) is 16.7 Å². The molecule has 7 N–H and O–H groups in total. The second-order valence-electron chi connectivity index (χ2n) is 13.4. The van der Waals surface area contributed by atoms with Crippen LogP contribution in [0.25, 0.3) is 0 Å². The van der Waals surface area contributed by atoms with Crippen LogP contribution in [0.5, 0.6) is 0 Å². The number of hydrogen-bond acceptors (Lipinski definition) is 9. The summed E-state index contributed by atoms with van der Waals surface area (Å²) in [5.74, 6) is -1.97. The average molecular weight is 734 g/mol. The molecule has 1 aliphatic heterocycles. The van der Waals surface area contributed by atoms with E-state index in [4.69, 9.17) is 10.5 Å². The van der Waals surface area contributed by atoms with Crippen LogP contribution in [0.3, 0.4) is 0 Å². The van der Waals surface area contributed by atoms with Gasteiger partial charge in [-0.15, -0.1) is 11.8 Å². The maximum Gasteiger partial charge on any atom is 0.407 e. The van der Waals surface area contributed by atoms with Crippen LogP contribution in [-0.4, -0.2) is 88.3 Å². The van der Waals surface area contributed by atoms with E-state index < -0.39 is 36.0 Å². The van der Waals surface area contributed by atoms with Gasteiger partial charge in [0.2, 0.25) is 29.5 Å². The molecular weight excluding hydrogens is 678 g/mol.